The molecule has 0 radical (unpaired) electrons. The van der Waals surface area contributed by atoms with Crippen molar-refractivity contribution < 1.29 is 8.42 Å². The Morgan fingerprint density at radius 3 is 2.71 bits per heavy atom. The van der Waals surface area contributed by atoms with E-state index < -0.39 is 10.0 Å². The van der Waals surface area contributed by atoms with Gasteiger partial charge < -0.3 is 0 Å². The molecule has 2 saturated carbocycles. The van der Waals surface area contributed by atoms with Crippen molar-refractivity contribution in [2.75, 3.05) is 0 Å². The summed E-state index contributed by atoms with van der Waals surface area (Å²) in [5.74, 6) is 2.05. The maximum absolute atomic E-state index is 12.6. The Labute approximate surface area is 127 Å². The number of fused-ring (bicyclic) bond motifs is 2. The second-order valence-corrected chi connectivity index (χ2v) is 8.34. The zero-order valence-electron chi connectivity index (χ0n) is 13.0. The van der Waals surface area contributed by atoms with Gasteiger partial charge in [-0.3, -0.25) is 4.68 Å². The molecule has 2 fully saturated rings. The smallest absolute Gasteiger partial charge is 0.244 e. The third-order valence-electron chi connectivity index (χ3n) is 5.42. The number of aromatic nitrogens is 2. The molecule has 118 valence electrons. The number of hydrogen-bond donors (Lipinski definition) is 1. The standard InChI is InChI=1S/C15H25N3O2S/c1-4-18-11(3)15(9-16-18)21(19,20)17-10(2)14-8-12-5-6-13(14)7-12/h9-10,12-14,17H,4-8H2,1-3H3/t10-,12+,13+,14+/m1/s1. The third kappa shape index (κ3) is 2.63. The summed E-state index contributed by atoms with van der Waals surface area (Å²) in [5.41, 5.74) is 0.713. The van der Waals surface area contributed by atoms with Crippen LogP contribution in [-0.4, -0.2) is 24.2 Å². The number of hydrogen-bond acceptors (Lipinski definition) is 3. The fraction of sp³-hybridized carbons (Fsp3) is 0.800. The molecular formula is C15H25N3O2S. The van der Waals surface area contributed by atoms with Gasteiger partial charge in [-0.2, -0.15) is 5.10 Å². The lowest BCUT2D eigenvalue weighted by atomic mass is 9.84. The van der Waals surface area contributed by atoms with Crippen molar-refractivity contribution in [2.24, 2.45) is 17.8 Å². The van der Waals surface area contributed by atoms with Crippen molar-refractivity contribution in [3.8, 4) is 0 Å². The van der Waals surface area contributed by atoms with E-state index in [0.717, 1.165) is 5.92 Å². The second-order valence-electron chi connectivity index (χ2n) is 6.66. The molecule has 0 unspecified atom stereocenters. The SMILES string of the molecule is CCn1ncc(S(=O)(=O)N[C@H](C)[C@@H]2C[C@H]3CC[C@H]2C3)c1C. The monoisotopic (exact) mass is 311 g/mol. The van der Waals surface area contributed by atoms with Crippen molar-refractivity contribution in [1.82, 2.24) is 14.5 Å². The van der Waals surface area contributed by atoms with Gasteiger partial charge in [-0.1, -0.05) is 6.42 Å². The van der Waals surface area contributed by atoms with E-state index >= 15 is 0 Å². The van der Waals surface area contributed by atoms with Gasteiger partial charge in [0.05, 0.1) is 11.9 Å². The van der Waals surface area contributed by atoms with E-state index in [-0.39, 0.29) is 6.04 Å². The molecule has 2 aliphatic carbocycles. The Morgan fingerprint density at radius 1 is 1.43 bits per heavy atom. The lowest BCUT2D eigenvalue weighted by Crippen LogP contribution is -2.40. The van der Waals surface area contributed by atoms with Gasteiger partial charge in [-0.05, 0) is 57.8 Å². The van der Waals surface area contributed by atoms with E-state index in [0.29, 0.717) is 29.0 Å². The average Bonchev–Trinajstić information content (AvgIpc) is 3.12. The number of rotatable bonds is 5. The Bertz CT molecular complexity index is 623. The fourth-order valence-corrected chi connectivity index (χ4v) is 5.79. The highest BCUT2D eigenvalue weighted by atomic mass is 32.2. The second kappa shape index (κ2) is 5.39. The topological polar surface area (TPSA) is 64.0 Å². The molecule has 0 aliphatic heterocycles. The summed E-state index contributed by atoms with van der Waals surface area (Å²) in [5, 5.41) is 4.14. The Kier molecular flexibility index (Phi) is 3.86. The quantitative estimate of drug-likeness (QED) is 0.907. The number of sulfonamides is 1. The minimum Gasteiger partial charge on any atom is -0.269 e. The highest BCUT2D eigenvalue weighted by Crippen LogP contribution is 2.49. The largest absolute Gasteiger partial charge is 0.269 e. The predicted molar refractivity (Wildman–Crippen MR) is 81.4 cm³/mol. The first-order chi connectivity index (χ1) is 9.92. The predicted octanol–water partition coefficient (Wildman–Crippen LogP) is 2.31. The lowest BCUT2D eigenvalue weighted by molar-refractivity contribution is 0.280. The third-order valence-corrected chi connectivity index (χ3v) is 7.09. The first-order valence-electron chi connectivity index (χ1n) is 7.97. The maximum Gasteiger partial charge on any atom is 0.244 e. The molecule has 2 aliphatic rings. The van der Waals surface area contributed by atoms with Crippen LogP contribution in [0.4, 0.5) is 0 Å². The van der Waals surface area contributed by atoms with Gasteiger partial charge in [0.25, 0.3) is 0 Å². The van der Waals surface area contributed by atoms with Crippen molar-refractivity contribution >= 4 is 10.0 Å². The molecule has 1 N–H and O–H groups in total. The molecule has 0 aromatic carbocycles. The average molecular weight is 311 g/mol. The van der Waals surface area contributed by atoms with E-state index in [1.165, 1.54) is 31.9 Å². The summed E-state index contributed by atoms with van der Waals surface area (Å²) in [6.45, 7) is 6.47. The first-order valence-corrected chi connectivity index (χ1v) is 9.45. The van der Waals surface area contributed by atoms with Crippen molar-refractivity contribution in [2.45, 2.75) is 63.9 Å². The summed E-state index contributed by atoms with van der Waals surface area (Å²) < 4.78 is 29.8. The molecule has 0 spiro atoms. The van der Waals surface area contributed by atoms with Gasteiger partial charge in [0.2, 0.25) is 10.0 Å². The molecule has 4 atom stereocenters. The number of nitrogens with one attached hydrogen (secondary N) is 1. The van der Waals surface area contributed by atoms with Gasteiger partial charge in [0, 0.05) is 12.6 Å². The van der Waals surface area contributed by atoms with Gasteiger partial charge in [0.15, 0.2) is 0 Å². The summed E-state index contributed by atoms with van der Waals surface area (Å²) in [4.78, 5) is 0.319. The van der Waals surface area contributed by atoms with Crippen LogP contribution in [0.25, 0.3) is 0 Å². The maximum atomic E-state index is 12.6. The van der Waals surface area contributed by atoms with E-state index in [1.807, 2.05) is 20.8 Å². The Morgan fingerprint density at radius 2 is 2.19 bits per heavy atom. The number of nitrogens with zero attached hydrogens (tertiary/aromatic N) is 2. The van der Waals surface area contributed by atoms with Crippen LogP contribution in [0.15, 0.2) is 11.1 Å². The molecule has 1 aromatic rings. The molecule has 1 aromatic heterocycles. The summed E-state index contributed by atoms with van der Waals surface area (Å²) in [6, 6.07) is 0.00896. The lowest BCUT2D eigenvalue weighted by Gasteiger charge is -2.28. The molecule has 21 heavy (non-hydrogen) atoms. The van der Waals surface area contributed by atoms with Gasteiger partial charge >= 0.3 is 0 Å². The number of aryl methyl sites for hydroxylation is 1. The van der Waals surface area contributed by atoms with E-state index in [9.17, 15) is 8.42 Å². The summed E-state index contributed by atoms with van der Waals surface area (Å²) in [6.07, 6.45) is 6.55. The normalized spacial score (nSPS) is 30.0. The van der Waals surface area contributed by atoms with Gasteiger partial charge in [-0.25, -0.2) is 13.1 Å². The highest BCUT2D eigenvalue weighted by molar-refractivity contribution is 7.89. The van der Waals surface area contributed by atoms with Crippen LogP contribution in [-0.2, 0) is 16.6 Å². The van der Waals surface area contributed by atoms with Crippen molar-refractivity contribution in [3.63, 3.8) is 0 Å². The fourth-order valence-electron chi connectivity index (χ4n) is 4.31. The van der Waals surface area contributed by atoms with Crippen LogP contribution in [0, 0.1) is 24.7 Å². The Balaban J connectivity index is 1.75. The Hall–Kier alpha value is -0.880. The summed E-state index contributed by atoms with van der Waals surface area (Å²) >= 11 is 0. The highest BCUT2D eigenvalue weighted by Gasteiger charge is 2.42. The molecule has 3 rings (SSSR count). The molecule has 2 bridgehead atoms. The van der Waals surface area contributed by atoms with Crippen molar-refractivity contribution in [1.29, 1.82) is 0 Å². The van der Waals surface area contributed by atoms with Crippen LogP contribution < -0.4 is 4.72 Å². The van der Waals surface area contributed by atoms with Crippen LogP contribution in [0.5, 0.6) is 0 Å². The van der Waals surface area contributed by atoms with E-state index in [4.69, 9.17) is 0 Å². The van der Waals surface area contributed by atoms with Crippen molar-refractivity contribution in [3.05, 3.63) is 11.9 Å². The molecule has 5 nitrogen and oxygen atoms in total. The minimum atomic E-state index is -3.47. The van der Waals surface area contributed by atoms with Crippen LogP contribution in [0.1, 0.15) is 45.2 Å². The summed E-state index contributed by atoms with van der Waals surface area (Å²) in [7, 11) is -3.47. The molecule has 0 amide bonds. The van der Waals surface area contributed by atoms with Crippen LogP contribution in [0.2, 0.25) is 0 Å². The molecular weight excluding hydrogens is 286 g/mol. The van der Waals surface area contributed by atoms with Crippen LogP contribution >= 0.6 is 0 Å². The first kappa shape index (κ1) is 15.0. The molecule has 1 heterocycles. The van der Waals surface area contributed by atoms with E-state index in [1.54, 1.807) is 4.68 Å². The molecule has 6 heteroatoms. The minimum absolute atomic E-state index is 0.00896. The van der Waals surface area contributed by atoms with Gasteiger partial charge in [-0.15, -0.1) is 0 Å². The zero-order valence-corrected chi connectivity index (χ0v) is 13.9. The molecule has 0 saturated heterocycles. The van der Waals surface area contributed by atoms with E-state index in [2.05, 4.69) is 9.82 Å². The zero-order chi connectivity index (χ0) is 15.2. The van der Waals surface area contributed by atoms with Gasteiger partial charge in [0.1, 0.15) is 4.90 Å². The van der Waals surface area contributed by atoms with Crippen LogP contribution in [0.3, 0.4) is 0 Å².